The molecule has 0 radical (unpaired) electrons. The summed E-state index contributed by atoms with van der Waals surface area (Å²) in [6, 6.07) is 6.50. The Bertz CT molecular complexity index is 663. The second-order valence-corrected chi connectivity index (χ2v) is 8.95. The second-order valence-electron chi connectivity index (χ2n) is 8.95. The van der Waals surface area contributed by atoms with E-state index >= 15 is 0 Å². The van der Waals surface area contributed by atoms with Gasteiger partial charge in [0.15, 0.2) is 0 Å². The van der Waals surface area contributed by atoms with Crippen molar-refractivity contribution in [2.75, 3.05) is 120 Å². The maximum absolute atomic E-state index is 6.00. The summed E-state index contributed by atoms with van der Waals surface area (Å²) in [5.74, 6) is 0.444. The van der Waals surface area contributed by atoms with Gasteiger partial charge in [-0.2, -0.15) is 0 Å². The molecule has 1 aromatic carbocycles. The largest absolute Gasteiger partial charge is 0.382 e. The molecule has 0 aromatic heterocycles. The van der Waals surface area contributed by atoms with Crippen molar-refractivity contribution in [2.24, 2.45) is 0 Å². The van der Waals surface area contributed by atoms with Gasteiger partial charge < -0.3 is 47.4 Å². The summed E-state index contributed by atoms with van der Waals surface area (Å²) in [5, 5.41) is 12.0. The topological polar surface area (TPSA) is 133 Å². The van der Waals surface area contributed by atoms with Crippen molar-refractivity contribution in [1.29, 1.82) is 0 Å². The zero-order valence-corrected chi connectivity index (χ0v) is 25.5. The first-order chi connectivity index (χ1) is 20.2. The third kappa shape index (κ3) is 25.0. The Kier molecular flexibility index (Phi) is 30.7. The molecule has 0 fully saturated rings. The van der Waals surface area contributed by atoms with E-state index in [1.165, 1.54) is 5.56 Å². The lowest BCUT2D eigenvalue weighted by Crippen LogP contribution is -2.13. The van der Waals surface area contributed by atoms with Gasteiger partial charge in [0.1, 0.15) is 0 Å². The van der Waals surface area contributed by atoms with Crippen molar-refractivity contribution < 1.29 is 57.9 Å². The molecule has 0 aliphatic carbocycles. The third-order valence-electron chi connectivity index (χ3n) is 5.51. The minimum absolute atomic E-state index is 0.444. The van der Waals surface area contributed by atoms with E-state index in [9.17, 15) is 0 Å². The molecule has 41 heavy (non-hydrogen) atoms. The second kappa shape index (κ2) is 31.7. The smallest absolute Gasteiger partial charge is 0.0721 e. The van der Waals surface area contributed by atoms with Gasteiger partial charge in [0.2, 0.25) is 0 Å². The van der Waals surface area contributed by atoms with Crippen molar-refractivity contribution in [3.8, 4) is 0 Å². The molecule has 0 atom stereocenters. The number of hydrogen-bond acceptors (Lipinski definition) is 12. The van der Waals surface area contributed by atoms with E-state index in [-0.39, 0.29) is 0 Å². The molecule has 0 aliphatic heterocycles. The highest BCUT2D eigenvalue weighted by Gasteiger charge is 2.08. The highest BCUT2D eigenvalue weighted by molar-refractivity contribution is 5.32. The molecule has 0 aliphatic rings. The summed E-state index contributed by atoms with van der Waals surface area (Å²) in [6.45, 7) is 14.2. The monoisotopic (exact) mass is 594 g/mol. The highest BCUT2D eigenvalue weighted by Crippen LogP contribution is 2.20. The Balaban J connectivity index is 0.00000781. The van der Waals surface area contributed by atoms with Crippen LogP contribution >= 0.6 is 0 Å². The molecule has 1 aromatic rings. The maximum atomic E-state index is 6.00. The molecule has 0 saturated carbocycles. The van der Waals surface area contributed by atoms with Crippen LogP contribution < -0.4 is 0 Å². The fraction of sp³-hybridized carbons (Fsp3) is 0.793. The Morgan fingerprint density at radius 3 is 1.12 bits per heavy atom. The van der Waals surface area contributed by atoms with Crippen LogP contribution in [-0.2, 0) is 60.6 Å². The number of ether oxygens (including phenoxy) is 10. The first-order valence-electron chi connectivity index (χ1n) is 14.1. The first kappa shape index (κ1) is 39.7. The summed E-state index contributed by atoms with van der Waals surface area (Å²) in [4.78, 5) is 0. The van der Waals surface area contributed by atoms with Gasteiger partial charge in [0, 0.05) is 14.2 Å². The molecule has 2 N–H and O–H groups in total. The zero-order valence-electron chi connectivity index (χ0n) is 25.5. The standard InChI is InChI=1S/C29H52O10.H2O2/c1-26(2)27-5-6-28(24-38-21-19-36-17-15-34-13-11-32-9-7-30-3)29(23-27)25-39-22-20-37-18-16-35-14-12-33-10-8-31-4;1-2/h5-6,23,26H,7-22,24-25H2,1-4H3;1-2H. The lowest BCUT2D eigenvalue weighted by molar-refractivity contribution is -0.176. The van der Waals surface area contributed by atoms with Crippen molar-refractivity contribution in [3.63, 3.8) is 0 Å². The van der Waals surface area contributed by atoms with Crippen molar-refractivity contribution in [3.05, 3.63) is 34.9 Å². The van der Waals surface area contributed by atoms with Gasteiger partial charge in [-0.15, -0.1) is 0 Å². The Hall–Kier alpha value is -1.26. The number of rotatable bonds is 29. The number of benzene rings is 1. The minimum atomic E-state index is 0.444. The van der Waals surface area contributed by atoms with Crippen molar-refractivity contribution >= 4 is 0 Å². The van der Waals surface area contributed by atoms with Crippen molar-refractivity contribution in [1.82, 2.24) is 0 Å². The van der Waals surface area contributed by atoms with Crippen LogP contribution in [0.3, 0.4) is 0 Å². The van der Waals surface area contributed by atoms with E-state index in [0.29, 0.717) is 125 Å². The minimum Gasteiger partial charge on any atom is -0.382 e. The van der Waals surface area contributed by atoms with Crippen molar-refractivity contribution in [2.45, 2.75) is 33.0 Å². The quantitative estimate of drug-likeness (QED) is 0.0801. The van der Waals surface area contributed by atoms with E-state index in [2.05, 4.69) is 32.0 Å². The molecule has 0 unspecified atom stereocenters. The molecule has 0 saturated heterocycles. The van der Waals surface area contributed by atoms with E-state index in [1.807, 2.05) is 0 Å². The Morgan fingerprint density at radius 2 is 0.780 bits per heavy atom. The van der Waals surface area contributed by atoms with Crippen LogP contribution in [0.25, 0.3) is 0 Å². The zero-order chi connectivity index (χ0) is 30.2. The van der Waals surface area contributed by atoms with Gasteiger partial charge >= 0.3 is 0 Å². The van der Waals surface area contributed by atoms with Gasteiger partial charge in [-0.05, 0) is 22.6 Å². The SMILES string of the molecule is COCCOCCOCCOCCOCc1ccc(C(C)C)cc1COCCOCCOCCOCCOC.OO. The summed E-state index contributed by atoms with van der Waals surface area (Å²) in [5.41, 5.74) is 3.54. The van der Waals surface area contributed by atoms with Crippen LogP contribution in [0.2, 0.25) is 0 Å². The average Bonchev–Trinajstić information content (AvgIpc) is 2.99. The lowest BCUT2D eigenvalue weighted by Gasteiger charge is -2.15. The van der Waals surface area contributed by atoms with Crippen LogP contribution in [0.4, 0.5) is 0 Å². The van der Waals surface area contributed by atoms with Crippen LogP contribution in [0.5, 0.6) is 0 Å². The fourth-order valence-electron chi connectivity index (χ4n) is 3.25. The molecular formula is C29H54O12. The van der Waals surface area contributed by atoms with E-state index in [1.54, 1.807) is 14.2 Å². The third-order valence-corrected chi connectivity index (χ3v) is 5.51. The normalized spacial score (nSPS) is 11.2. The first-order valence-corrected chi connectivity index (χ1v) is 14.1. The fourth-order valence-corrected chi connectivity index (χ4v) is 3.25. The predicted octanol–water partition coefficient (Wildman–Crippen LogP) is 3.25. The maximum Gasteiger partial charge on any atom is 0.0721 e. The predicted molar refractivity (Wildman–Crippen MR) is 154 cm³/mol. The lowest BCUT2D eigenvalue weighted by atomic mass is 9.98. The molecule has 0 amide bonds. The van der Waals surface area contributed by atoms with Gasteiger partial charge in [-0.3, -0.25) is 10.5 Å². The molecule has 0 bridgehead atoms. The van der Waals surface area contributed by atoms with E-state index in [0.717, 1.165) is 11.1 Å². The van der Waals surface area contributed by atoms with Gasteiger partial charge in [0.05, 0.1) is 119 Å². The molecule has 0 spiro atoms. The van der Waals surface area contributed by atoms with Crippen LogP contribution in [0, 0.1) is 0 Å². The van der Waals surface area contributed by atoms with Crippen LogP contribution in [-0.4, -0.2) is 130 Å². The van der Waals surface area contributed by atoms with Crippen LogP contribution in [0.15, 0.2) is 18.2 Å². The number of methoxy groups -OCH3 is 2. The molecule has 242 valence electrons. The van der Waals surface area contributed by atoms with Gasteiger partial charge in [-0.1, -0.05) is 32.0 Å². The Labute approximate surface area is 245 Å². The van der Waals surface area contributed by atoms with Gasteiger partial charge in [-0.25, -0.2) is 0 Å². The highest BCUT2D eigenvalue weighted by atomic mass is 17.0. The molecular weight excluding hydrogens is 540 g/mol. The van der Waals surface area contributed by atoms with Gasteiger partial charge in [0.25, 0.3) is 0 Å². The molecule has 12 heteroatoms. The van der Waals surface area contributed by atoms with E-state index < -0.39 is 0 Å². The summed E-state index contributed by atoms with van der Waals surface area (Å²) < 4.78 is 54.4. The Morgan fingerprint density at radius 1 is 0.463 bits per heavy atom. The average molecular weight is 595 g/mol. The van der Waals surface area contributed by atoms with E-state index in [4.69, 9.17) is 57.9 Å². The summed E-state index contributed by atoms with van der Waals surface area (Å²) in [7, 11) is 3.31. The number of hydrogen-bond donors (Lipinski definition) is 2. The molecule has 12 nitrogen and oxygen atoms in total. The summed E-state index contributed by atoms with van der Waals surface area (Å²) in [6.07, 6.45) is 0. The van der Waals surface area contributed by atoms with Crippen LogP contribution in [0.1, 0.15) is 36.5 Å². The molecule has 1 rings (SSSR count). The molecule has 0 heterocycles. The summed E-state index contributed by atoms with van der Waals surface area (Å²) >= 11 is 0.